The van der Waals surface area contributed by atoms with Gasteiger partial charge in [-0.1, -0.05) is 31.9 Å². The highest BCUT2D eigenvalue weighted by Gasteiger charge is 2.64. The number of nitrogens with one attached hydrogen (secondary N) is 3. The zero-order valence-electron chi connectivity index (χ0n) is 32.4. The van der Waals surface area contributed by atoms with E-state index in [4.69, 9.17) is 19.2 Å². The number of amides is 4. The van der Waals surface area contributed by atoms with Crippen LogP contribution in [0.2, 0.25) is 0 Å². The third-order valence-corrected chi connectivity index (χ3v) is 14.4. The number of rotatable bonds is 10. The van der Waals surface area contributed by atoms with Crippen LogP contribution in [0, 0.1) is 5.92 Å². The Labute approximate surface area is 327 Å². The Morgan fingerprint density at radius 1 is 1.12 bits per heavy atom. The topological polar surface area (TPSA) is 203 Å². The van der Waals surface area contributed by atoms with Gasteiger partial charge in [-0.3, -0.25) is 19.1 Å². The van der Waals surface area contributed by atoms with Gasteiger partial charge in [-0.05, 0) is 82.9 Å². The zero-order chi connectivity index (χ0) is 39.9. The molecule has 4 N–H and O–H groups in total. The molecule has 56 heavy (non-hydrogen) atoms. The minimum atomic E-state index is -4.00. The molecule has 2 aliphatic carbocycles. The number of sulfonamides is 1. The molecule has 1 aromatic heterocycles. The first-order valence-corrected chi connectivity index (χ1v) is 21.3. The molecule has 1 aromatic carbocycles. The summed E-state index contributed by atoms with van der Waals surface area (Å²) in [6, 6.07) is 3.54. The molecule has 16 heteroatoms. The Hall–Kier alpha value is -4.44. The maximum Gasteiger partial charge on any atom is 0.405 e. The summed E-state index contributed by atoms with van der Waals surface area (Å²) in [5.74, 6) is -1.14. The van der Waals surface area contributed by atoms with Crippen molar-refractivity contribution in [2.75, 3.05) is 26.9 Å². The number of fused-ring (bicyclic) bond motifs is 5. The Morgan fingerprint density at radius 2 is 1.93 bits per heavy atom. The highest BCUT2D eigenvalue weighted by atomic mass is 32.2. The molecule has 0 unspecified atom stereocenters. The fraction of sp³-hybridized carbons (Fsp3) is 0.625. The number of carboxylic acid groups (broad SMARTS) is 1. The number of pyridine rings is 1. The van der Waals surface area contributed by atoms with Crippen LogP contribution in [0.3, 0.4) is 0 Å². The van der Waals surface area contributed by atoms with Crippen LogP contribution in [0.1, 0.15) is 95.7 Å². The highest BCUT2D eigenvalue weighted by Crippen LogP contribution is 2.49. The van der Waals surface area contributed by atoms with Gasteiger partial charge in [0, 0.05) is 43.4 Å². The number of carbonyl (C=O) groups excluding carboxylic acids is 3. The summed E-state index contributed by atoms with van der Waals surface area (Å²) in [5, 5.41) is 15.9. The van der Waals surface area contributed by atoms with Crippen LogP contribution in [-0.4, -0.2) is 102 Å². The molecule has 2 saturated carbocycles. The molecule has 304 valence electrons. The number of allylic oxidation sites excluding steroid dienone is 1. The SMILES string of the molecule is CCc1nc2ccc(OCCCOC)cc2c2c1O[C@]1(CC2)C[C@H]2C(=O)N[C@]3(C(=O)NS(=O)(=O)C4(C)CC4)C[C@H]3C=CCCCCC[C@H](NC(=O)O)C(=O)N2C1. The average molecular weight is 796 g/mol. The number of hydrogen-bond acceptors (Lipinski definition) is 10. The van der Waals surface area contributed by atoms with E-state index < -0.39 is 67.7 Å². The Bertz CT molecular complexity index is 2040. The van der Waals surface area contributed by atoms with Gasteiger partial charge in [0.2, 0.25) is 21.8 Å². The van der Waals surface area contributed by atoms with E-state index in [2.05, 4.69) is 15.4 Å². The second-order valence-corrected chi connectivity index (χ2v) is 18.5. The summed E-state index contributed by atoms with van der Waals surface area (Å²) >= 11 is 0. The number of aromatic nitrogens is 1. The lowest BCUT2D eigenvalue weighted by Gasteiger charge is -2.37. The molecule has 1 saturated heterocycles. The van der Waals surface area contributed by atoms with E-state index in [1.165, 1.54) is 4.90 Å². The van der Waals surface area contributed by atoms with E-state index in [1.54, 1.807) is 14.0 Å². The van der Waals surface area contributed by atoms with Crippen molar-refractivity contribution in [2.24, 2.45) is 5.92 Å². The van der Waals surface area contributed by atoms with E-state index >= 15 is 0 Å². The molecule has 4 heterocycles. The van der Waals surface area contributed by atoms with Crippen molar-refractivity contribution in [3.63, 3.8) is 0 Å². The summed E-state index contributed by atoms with van der Waals surface area (Å²) in [6.07, 6.45) is 8.87. The van der Waals surface area contributed by atoms with Gasteiger partial charge in [-0.25, -0.2) is 18.2 Å². The zero-order valence-corrected chi connectivity index (χ0v) is 33.2. The Balaban J connectivity index is 1.22. The first-order chi connectivity index (χ1) is 26.7. The van der Waals surface area contributed by atoms with Crippen molar-refractivity contribution in [1.29, 1.82) is 0 Å². The molecule has 2 aromatic rings. The van der Waals surface area contributed by atoms with Crippen molar-refractivity contribution in [3.8, 4) is 11.5 Å². The summed E-state index contributed by atoms with van der Waals surface area (Å²) in [6.45, 7) is 4.64. The van der Waals surface area contributed by atoms with Gasteiger partial charge in [-0.2, -0.15) is 0 Å². The molecule has 7 rings (SSSR count). The molecule has 0 bridgehead atoms. The van der Waals surface area contributed by atoms with Crippen molar-refractivity contribution in [3.05, 3.63) is 41.6 Å². The molecule has 5 atom stereocenters. The van der Waals surface area contributed by atoms with Crippen LogP contribution in [0.4, 0.5) is 4.79 Å². The number of methoxy groups -OCH3 is 1. The molecule has 3 aliphatic heterocycles. The lowest BCUT2D eigenvalue weighted by Crippen LogP contribution is -2.58. The van der Waals surface area contributed by atoms with Crippen molar-refractivity contribution >= 4 is 44.7 Å². The fourth-order valence-corrected chi connectivity index (χ4v) is 9.76. The average Bonchev–Trinajstić information content (AvgIpc) is 4.06. The van der Waals surface area contributed by atoms with Crippen LogP contribution in [0.25, 0.3) is 10.9 Å². The summed E-state index contributed by atoms with van der Waals surface area (Å²) < 4.78 is 45.7. The first-order valence-electron chi connectivity index (χ1n) is 19.9. The predicted octanol–water partition coefficient (Wildman–Crippen LogP) is 3.91. The maximum atomic E-state index is 14.6. The molecule has 4 amide bonds. The van der Waals surface area contributed by atoms with Gasteiger partial charge in [0.1, 0.15) is 34.7 Å². The standard InChI is InChI=1S/C40H53N5O10S/c1-4-29-33-27(28-21-26(13-14-30(28)41-29)54-20-10-19-53-3)15-16-39(55-33)23-32-34(46)43-40(36(48)44-56(51,52)38(2)17-18-38)22-25(40)11-8-6-5-7-9-12-31(42-37(49)50)35(47)45(32)24-39/h8,11,13-14,21,25,31-32,42H,4-7,9-10,12,15-20,22-24H2,1-3H3,(H,43,46)(H,44,48)(H,49,50)/t25-,31+,32+,39-,40-/m1/s1. The van der Waals surface area contributed by atoms with Gasteiger partial charge in [0.15, 0.2) is 0 Å². The number of aryl methyl sites for hydroxylation is 2. The Morgan fingerprint density at radius 3 is 2.66 bits per heavy atom. The molecular formula is C40H53N5O10S. The maximum absolute atomic E-state index is 14.6. The van der Waals surface area contributed by atoms with Crippen LogP contribution in [0.5, 0.6) is 11.5 Å². The van der Waals surface area contributed by atoms with Gasteiger partial charge in [0.05, 0.1) is 29.1 Å². The summed E-state index contributed by atoms with van der Waals surface area (Å²) in [5.41, 5.74) is -0.0646. The minimum Gasteiger partial charge on any atom is -0.493 e. The predicted molar refractivity (Wildman–Crippen MR) is 206 cm³/mol. The van der Waals surface area contributed by atoms with E-state index in [9.17, 15) is 32.7 Å². The van der Waals surface area contributed by atoms with Crippen LogP contribution in [-0.2, 0) is 42.0 Å². The number of hydrogen-bond donors (Lipinski definition) is 4. The monoisotopic (exact) mass is 795 g/mol. The smallest absolute Gasteiger partial charge is 0.405 e. The molecular weight excluding hydrogens is 743 g/mol. The summed E-state index contributed by atoms with van der Waals surface area (Å²) in [7, 11) is -2.35. The molecule has 0 radical (unpaired) electrons. The number of benzene rings is 1. The third-order valence-electron chi connectivity index (χ3n) is 12.2. The number of ether oxygens (including phenoxy) is 3. The largest absolute Gasteiger partial charge is 0.493 e. The molecule has 1 spiro atoms. The molecule has 15 nitrogen and oxygen atoms in total. The van der Waals surface area contributed by atoms with Crippen molar-refractivity contribution < 1.29 is 46.9 Å². The normalized spacial score (nSPS) is 28.5. The number of carbonyl (C=O) groups is 4. The second kappa shape index (κ2) is 15.5. The molecule has 3 fully saturated rings. The quantitative estimate of drug-likeness (QED) is 0.201. The van der Waals surface area contributed by atoms with Gasteiger partial charge in [0.25, 0.3) is 5.91 Å². The van der Waals surface area contributed by atoms with Crippen LogP contribution >= 0.6 is 0 Å². The fourth-order valence-electron chi connectivity index (χ4n) is 8.45. The van der Waals surface area contributed by atoms with Crippen LogP contribution in [0.15, 0.2) is 30.4 Å². The third kappa shape index (κ3) is 7.78. The lowest BCUT2D eigenvalue weighted by atomic mass is 9.87. The van der Waals surface area contributed by atoms with Gasteiger partial charge >= 0.3 is 6.09 Å². The van der Waals surface area contributed by atoms with Crippen molar-refractivity contribution in [1.82, 2.24) is 25.2 Å². The van der Waals surface area contributed by atoms with E-state index in [1.807, 2.05) is 37.3 Å². The second-order valence-electron chi connectivity index (χ2n) is 16.3. The Kier molecular flexibility index (Phi) is 11.0. The minimum absolute atomic E-state index is 0.000261. The van der Waals surface area contributed by atoms with E-state index in [0.29, 0.717) is 69.7 Å². The summed E-state index contributed by atoms with van der Waals surface area (Å²) in [4.78, 5) is 61.2. The number of nitrogens with zero attached hydrogens (tertiary/aromatic N) is 2. The van der Waals surface area contributed by atoms with Crippen molar-refractivity contribution in [2.45, 2.75) is 125 Å². The highest BCUT2D eigenvalue weighted by molar-refractivity contribution is 7.91. The van der Waals surface area contributed by atoms with Crippen LogP contribution < -0.4 is 24.8 Å². The van der Waals surface area contributed by atoms with Gasteiger partial charge < -0.3 is 34.9 Å². The molecule has 5 aliphatic rings. The lowest BCUT2D eigenvalue weighted by molar-refractivity contribution is -0.141. The van der Waals surface area contributed by atoms with E-state index in [-0.39, 0.29) is 25.8 Å². The van der Waals surface area contributed by atoms with Gasteiger partial charge in [-0.15, -0.1) is 0 Å². The first kappa shape index (κ1) is 39.8. The van der Waals surface area contributed by atoms with E-state index in [0.717, 1.165) is 41.4 Å².